The van der Waals surface area contributed by atoms with E-state index < -0.39 is 0 Å². The first-order chi connectivity index (χ1) is 18.7. The van der Waals surface area contributed by atoms with E-state index in [1.54, 1.807) is 5.57 Å². The zero-order valence-corrected chi connectivity index (χ0v) is 25.8. The highest BCUT2D eigenvalue weighted by atomic mass is 15.3. The van der Waals surface area contributed by atoms with Crippen LogP contribution in [0.5, 0.6) is 0 Å². The molecule has 3 heterocycles. The third kappa shape index (κ3) is 8.53. The molecule has 0 aromatic rings. The highest BCUT2D eigenvalue weighted by Crippen LogP contribution is 2.38. The quantitative estimate of drug-likeness (QED) is 0.199. The summed E-state index contributed by atoms with van der Waals surface area (Å²) in [6.07, 6.45) is 19.4. The monoisotopic (exact) mass is 529 g/mol. The Balaban J connectivity index is 0.000000360. The third-order valence-corrected chi connectivity index (χ3v) is 7.95. The van der Waals surface area contributed by atoms with Crippen molar-refractivity contribution >= 4 is 11.5 Å². The van der Waals surface area contributed by atoms with Crippen LogP contribution in [0.4, 0.5) is 0 Å². The number of nitrogens with one attached hydrogen (secondary N) is 1. The molecule has 2 unspecified atom stereocenters. The number of fused-ring (bicyclic) bond motifs is 1. The summed E-state index contributed by atoms with van der Waals surface area (Å²) in [4.78, 5) is 14.2. The molecule has 0 amide bonds. The van der Waals surface area contributed by atoms with E-state index in [1.807, 2.05) is 14.0 Å². The Bertz CT molecular complexity index is 1150. The Kier molecular flexibility index (Phi) is 11.4. The summed E-state index contributed by atoms with van der Waals surface area (Å²) >= 11 is 0. The van der Waals surface area contributed by atoms with Crippen molar-refractivity contribution in [2.75, 3.05) is 26.7 Å². The van der Waals surface area contributed by atoms with E-state index in [2.05, 4.69) is 105 Å². The fraction of sp³-hybridized carbons (Fsp3) is 0.529. The van der Waals surface area contributed by atoms with Gasteiger partial charge in [0, 0.05) is 44.6 Å². The summed E-state index contributed by atoms with van der Waals surface area (Å²) in [6, 6.07) is 0.508. The van der Waals surface area contributed by atoms with Crippen molar-refractivity contribution in [1.29, 1.82) is 0 Å². The van der Waals surface area contributed by atoms with Crippen LogP contribution in [0.25, 0.3) is 0 Å². The molecule has 2 fully saturated rings. The third-order valence-electron chi connectivity index (χ3n) is 7.95. The Hall–Kier alpha value is -2.92. The van der Waals surface area contributed by atoms with Crippen molar-refractivity contribution in [2.45, 2.75) is 86.6 Å². The van der Waals surface area contributed by atoms with Gasteiger partial charge in [-0.2, -0.15) is 0 Å². The summed E-state index contributed by atoms with van der Waals surface area (Å²) in [6.45, 7) is 22.5. The average Bonchev–Trinajstić information content (AvgIpc) is 3.79. The minimum Gasteiger partial charge on any atom is -0.368 e. The second-order valence-corrected chi connectivity index (χ2v) is 11.3. The van der Waals surface area contributed by atoms with Crippen molar-refractivity contribution in [3.05, 3.63) is 82.5 Å². The minimum absolute atomic E-state index is 0.508. The van der Waals surface area contributed by atoms with Gasteiger partial charge in [0.05, 0.1) is 17.1 Å². The summed E-state index contributed by atoms with van der Waals surface area (Å²) in [5.74, 6) is 1.75. The van der Waals surface area contributed by atoms with Crippen LogP contribution in [0, 0.1) is 5.92 Å². The molecule has 0 spiro atoms. The lowest BCUT2D eigenvalue weighted by Gasteiger charge is -2.37. The van der Waals surface area contributed by atoms with Crippen LogP contribution < -0.4 is 5.32 Å². The Morgan fingerprint density at radius 2 is 1.97 bits per heavy atom. The van der Waals surface area contributed by atoms with Gasteiger partial charge in [-0.1, -0.05) is 51.0 Å². The van der Waals surface area contributed by atoms with Crippen LogP contribution in [0.15, 0.2) is 92.5 Å². The van der Waals surface area contributed by atoms with Gasteiger partial charge in [0.15, 0.2) is 0 Å². The number of allylic oxidation sites excluding steroid dienone is 8. The van der Waals surface area contributed by atoms with E-state index in [9.17, 15) is 0 Å². The van der Waals surface area contributed by atoms with Crippen LogP contribution in [0.1, 0.15) is 80.6 Å². The van der Waals surface area contributed by atoms with E-state index >= 15 is 0 Å². The zero-order chi connectivity index (χ0) is 28.5. The SMILES string of the molecule is C=C(C)/C(C)=C/C(=NC)C1=CC(=C2CC2)N2C=C(N3CCNC(C)C3)C=CC2=N1.CCC/C=C(/C)C(C)CC. The highest BCUT2D eigenvalue weighted by molar-refractivity contribution is 6.12. The van der Waals surface area contributed by atoms with Gasteiger partial charge in [0.2, 0.25) is 0 Å². The molecule has 5 heteroatoms. The van der Waals surface area contributed by atoms with Crippen molar-refractivity contribution in [3.8, 4) is 0 Å². The van der Waals surface area contributed by atoms with Gasteiger partial charge in [0.25, 0.3) is 0 Å². The van der Waals surface area contributed by atoms with Crippen LogP contribution in [-0.2, 0) is 0 Å². The molecule has 39 heavy (non-hydrogen) atoms. The number of amidine groups is 1. The van der Waals surface area contributed by atoms with Crippen LogP contribution in [-0.4, -0.2) is 54.1 Å². The average molecular weight is 530 g/mol. The smallest absolute Gasteiger partial charge is 0.137 e. The molecule has 4 rings (SSSR count). The van der Waals surface area contributed by atoms with Crippen molar-refractivity contribution in [1.82, 2.24) is 15.1 Å². The fourth-order valence-corrected chi connectivity index (χ4v) is 4.67. The summed E-state index contributed by atoms with van der Waals surface area (Å²) < 4.78 is 0. The fourth-order valence-electron chi connectivity index (χ4n) is 4.67. The van der Waals surface area contributed by atoms with Crippen LogP contribution >= 0.6 is 0 Å². The Morgan fingerprint density at radius 1 is 1.23 bits per heavy atom. The lowest BCUT2D eigenvalue weighted by Crippen LogP contribution is -2.49. The molecule has 4 aliphatic rings. The molecule has 0 radical (unpaired) electrons. The van der Waals surface area contributed by atoms with Gasteiger partial charge >= 0.3 is 0 Å². The molecule has 1 saturated heterocycles. The summed E-state index contributed by atoms with van der Waals surface area (Å²) in [7, 11) is 1.83. The number of nitrogens with zero attached hydrogens (tertiary/aromatic N) is 4. The molecule has 1 N–H and O–H groups in total. The predicted octanol–water partition coefficient (Wildman–Crippen LogP) is 7.71. The maximum absolute atomic E-state index is 4.94. The largest absolute Gasteiger partial charge is 0.368 e. The number of piperazine rings is 1. The molecular weight excluding hydrogens is 478 g/mol. The molecule has 3 aliphatic heterocycles. The van der Waals surface area contributed by atoms with Gasteiger partial charge in [-0.15, -0.1) is 0 Å². The second-order valence-electron chi connectivity index (χ2n) is 11.3. The van der Waals surface area contributed by atoms with E-state index in [1.165, 1.54) is 49.1 Å². The first-order valence-electron chi connectivity index (χ1n) is 14.9. The van der Waals surface area contributed by atoms with E-state index in [0.717, 1.165) is 53.9 Å². The summed E-state index contributed by atoms with van der Waals surface area (Å²) in [5, 5.41) is 3.52. The number of rotatable bonds is 8. The maximum atomic E-state index is 4.94. The van der Waals surface area contributed by atoms with Gasteiger partial charge in [-0.25, -0.2) is 4.99 Å². The van der Waals surface area contributed by atoms with Crippen molar-refractivity contribution < 1.29 is 0 Å². The predicted molar refractivity (Wildman–Crippen MR) is 170 cm³/mol. The lowest BCUT2D eigenvalue weighted by molar-refractivity contribution is 0.259. The van der Waals surface area contributed by atoms with Crippen LogP contribution in [0.3, 0.4) is 0 Å². The van der Waals surface area contributed by atoms with Crippen LogP contribution in [0.2, 0.25) is 0 Å². The Morgan fingerprint density at radius 3 is 2.56 bits per heavy atom. The van der Waals surface area contributed by atoms with Gasteiger partial charge < -0.3 is 10.2 Å². The molecule has 1 saturated carbocycles. The van der Waals surface area contributed by atoms with Gasteiger partial charge in [-0.05, 0) is 94.7 Å². The number of unbranched alkanes of at least 4 members (excludes halogenated alkanes) is 1. The number of aliphatic imine (C=N–C) groups is 2. The molecule has 0 aromatic heterocycles. The zero-order valence-electron chi connectivity index (χ0n) is 25.8. The summed E-state index contributed by atoms with van der Waals surface area (Å²) in [5.41, 5.74) is 9.57. The number of hydrogen-bond acceptors (Lipinski definition) is 5. The highest BCUT2D eigenvalue weighted by Gasteiger charge is 2.29. The maximum Gasteiger partial charge on any atom is 0.137 e. The van der Waals surface area contributed by atoms with Gasteiger partial charge in [0.1, 0.15) is 5.84 Å². The minimum atomic E-state index is 0.508. The second kappa shape index (κ2) is 14.5. The lowest BCUT2D eigenvalue weighted by atomic mass is 9.99. The Labute approximate surface area is 238 Å². The molecule has 2 atom stereocenters. The normalized spacial score (nSPS) is 22.4. The molecule has 1 aliphatic carbocycles. The first kappa shape index (κ1) is 30.6. The molecule has 0 aromatic carbocycles. The van der Waals surface area contributed by atoms with Crippen molar-refractivity contribution in [2.24, 2.45) is 15.9 Å². The molecule has 5 nitrogen and oxygen atoms in total. The molecular formula is C34H51N5. The number of hydrogen-bond donors (Lipinski definition) is 1. The topological polar surface area (TPSA) is 43.2 Å². The standard InChI is InChI=1S/C24H31N5.C10H20/c1-16(2)17(3)12-21(25-5)22-13-23(19-6-7-19)29-15-20(8-9-24(29)27-22)28-11-10-26-18(4)14-28;1-5-7-8-10(4)9(3)6-2/h8-9,12-13,15,18,26H,1,6-7,10-11,14H2,2-5H3;8-9H,5-7H2,1-4H3/b17-12+,25-21?;10-8-. The molecule has 212 valence electrons. The van der Waals surface area contributed by atoms with Crippen molar-refractivity contribution in [3.63, 3.8) is 0 Å². The van der Waals surface area contributed by atoms with E-state index in [-0.39, 0.29) is 0 Å². The van der Waals surface area contributed by atoms with E-state index in [0.29, 0.717) is 6.04 Å². The van der Waals surface area contributed by atoms with Gasteiger partial charge in [-0.3, -0.25) is 9.89 Å². The molecule has 0 bridgehead atoms. The van der Waals surface area contributed by atoms with E-state index in [4.69, 9.17) is 4.99 Å². The first-order valence-corrected chi connectivity index (χ1v) is 14.9.